The van der Waals surface area contributed by atoms with Crippen LogP contribution in [0.1, 0.15) is 17.5 Å². The number of aryl methyl sites for hydroxylation is 2. The molecule has 0 aliphatic carbocycles. The summed E-state index contributed by atoms with van der Waals surface area (Å²) >= 11 is 5.01. The lowest BCUT2D eigenvalue weighted by Crippen LogP contribution is -2.12. The second-order valence-corrected chi connectivity index (χ2v) is 7.72. The minimum absolute atomic E-state index is 0.0672. The van der Waals surface area contributed by atoms with Crippen molar-refractivity contribution in [1.29, 1.82) is 0 Å². The van der Waals surface area contributed by atoms with Gasteiger partial charge in [-0.3, -0.25) is 4.79 Å². The van der Waals surface area contributed by atoms with E-state index in [1.807, 2.05) is 31.2 Å². The van der Waals surface area contributed by atoms with E-state index in [2.05, 4.69) is 32.3 Å². The van der Waals surface area contributed by atoms with Crippen LogP contribution in [0.15, 0.2) is 34.8 Å². The number of hydrogen-bond acceptors (Lipinski definition) is 5. The number of ether oxygens (including phenoxy) is 2. The van der Waals surface area contributed by atoms with Crippen LogP contribution in [0, 0.1) is 6.92 Å². The van der Waals surface area contributed by atoms with Crippen LogP contribution in [0.5, 0.6) is 11.5 Å². The van der Waals surface area contributed by atoms with E-state index in [4.69, 9.17) is 9.47 Å². The predicted molar refractivity (Wildman–Crippen MR) is 109 cm³/mol. The molecule has 0 fully saturated rings. The standard InChI is InChI=1S/C19H19BrN2O3S/c1-11-4-6-14-17(8-11)26-19(21-14)22-18(23)7-5-12-9-15(24-2)16(25-3)10-13(12)20/h4,6,8-10H,5,7H2,1-3H3,(H,21,22,23). The summed E-state index contributed by atoms with van der Waals surface area (Å²) in [4.78, 5) is 16.8. The fourth-order valence-corrected chi connectivity index (χ4v) is 4.10. The Morgan fingerprint density at radius 2 is 1.92 bits per heavy atom. The Hall–Kier alpha value is -2.12. The van der Waals surface area contributed by atoms with Crippen LogP contribution >= 0.6 is 27.3 Å². The largest absolute Gasteiger partial charge is 0.493 e. The maximum Gasteiger partial charge on any atom is 0.226 e. The molecular weight excluding hydrogens is 416 g/mol. The highest BCUT2D eigenvalue weighted by Crippen LogP contribution is 2.34. The van der Waals surface area contributed by atoms with Gasteiger partial charge in [-0.25, -0.2) is 4.98 Å². The van der Waals surface area contributed by atoms with Gasteiger partial charge < -0.3 is 14.8 Å². The number of carbonyl (C=O) groups excluding carboxylic acids is 1. The smallest absolute Gasteiger partial charge is 0.226 e. The van der Waals surface area contributed by atoms with Crippen LogP contribution in [-0.2, 0) is 11.2 Å². The Morgan fingerprint density at radius 3 is 2.65 bits per heavy atom. The molecule has 0 aliphatic heterocycles. The van der Waals surface area contributed by atoms with Gasteiger partial charge in [-0.05, 0) is 48.7 Å². The zero-order chi connectivity index (χ0) is 18.7. The van der Waals surface area contributed by atoms with Crippen LogP contribution in [0.4, 0.5) is 5.13 Å². The summed E-state index contributed by atoms with van der Waals surface area (Å²) in [7, 11) is 3.19. The third-order valence-electron chi connectivity index (χ3n) is 3.96. The van der Waals surface area contributed by atoms with Gasteiger partial charge in [0.2, 0.25) is 5.91 Å². The number of fused-ring (bicyclic) bond motifs is 1. The third kappa shape index (κ3) is 4.16. The number of amides is 1. The molecule has 0 atom stereocenters. The van der Waals surface area contributed by atoms with Crippen molar-refractivity contribution in [1.82, 2.24) is 4.98 Å². The molecule has 136 valence electrons. The van der Waals surface area contributed by atoms with Crippen molar-refractivity contribution in [2.75, 3.05) is 19.5 Å². The second-order valence-electron chi connectivity index (χ2n) is 5.84. The van der Waals surface area contributed by atoms with Gasteiger partial charge in [0.15, 0.2) is 16.6 Å². The van der Waals surface area contributed by atoms with Crippen molar-refractivity contribution < 1.29 is 14.3 Å². The minimum Gasteiger partial charge on any atom is -0.493 e. The molecule has 3 aromatic rings. The molecule has 0 spiro atoms. The molecule has 0 unspecified atom stereocenters. The molecule has 5 nitrogen and oxygen atoms in total. The molecule has 0 bridgehead atoms. The van der Waals surface area contributed by atoms with Gasteiger partial charge >= 0.3 is 0 Å². The highest BCUT2D eigenvalue weighted by atomic mass is 79.9. The van der Waals surface area contributed by atoms with E-state index in [1.165, 1.54) is 16.9 Å². The average Bonchev–Trinajstić information content (AvgIpc) is 3.01. The molecule has 0 radical (unpaired) electrons. The Balaban J connectivity index is 1.66. The van der Waals surface area contributed by atoms with E-state index >= 15 is 0 Å². The molecule has 26 heavy (non-hydrogen) atoms. The van der Waals surface area contributed by atoms with Crippen molar-refractivity contribution in [3.63, 3.8) is 0 Å². The van der Waals surface area contributed by atoms with Gasteiger partial charge in [0.1, 0.15) is 0 Å². The van der Waals surface area contributed by atoms with Crippen molar-refractivity contribution in [3.05, 3.63) is 45.9 Å². The molecule has 1 aromatic heterocycles. The van der Waals surface area contributed by atoms with Crippen molar-refractivity contribution in [2.24, 2.45) is 0 Å². The summed E-state index contributed by atoms with van der Waals surface area (Å²) in [5.74, 6) is 1.23. The van der Waals surface area contributed by atoms with Crippen LogP contribution < -0.4 is 14.8 Å². The van der Waals surface area contributed by atoms with Crippen molar-refractivity contribution >= 4 is 48.5 Å². The van der Waals surface area contributed by atoms with E-state index in [0.29, 0.717) is 29.5 Å². The SMILES string of the molecule is COc1cc(Br)c(CCC(=O)Nc2nc3ccc(C)cc3s2)cc1OC. The summed E-state index contributed by atoms with van der Waals surface area (Å²) in [6.45, 7) is 2.04. The van der Waals surface area contributed by atoms with Gasteiger partial charge in [-0.2, -0.15) is 0 Å². The molecule has 0 saturated heterocycles. The zero-order valence-corrected chi connectivity index (χ0v) is 17.2. The Bertz CT molecular complexity index is 955. The number of carbonyl (C=O) groups is 1. The highest BCUT2D eigenvalue weighted by Gasteiger charge is 2.12. The van der Waals surface area contributed by atoms with Gasteiger partial charge in [0, 0.05) is 10.9 Å². The first-order valence-electron chi connectivity index (χ1n) is 8.07. The summed E-state index contributed by atoms with van der Waals surface area (Å²) in [6, 6.07) is 9.79. The number of benzene rings is 2. The summed E-state index contributed by atoms with van der Waals surface area (Å²) in [5, 5.41) is 3.52. The van der Waals surface area contributed by atoms with Crippen LogP contribution in [0.3, 0.4) is 0 Å². The van der Waals surface area contributed by atoms with E-state index in [1.54, 1.807) is 14.2 Å². The van der Waals surface area contributed by atoms with E-state index in [-0.39, 0.29) is 5.91 Å². The Labute approximate surface area is 164 Å². The van der Waals surface area contributed by atoms with Crippen molar-refractivity contribution in [3.8, 4) is 11.5 Å². The molecule has 2 aromatic carbocycles. The highest BCUT2D eigenvalue weighted by molar-refractivity contribution is 9.10. The number of nitrogens with zero attached hydrogens (tertiary/aromatic N) is 1. The van der Waals surface area contributed by atoms with Gasteiger partial charge in [0.05, 0.1) is 24.4 Å². The molecular formula is C19H19BrN2O3S. The molecule has 0 saturated carbocycles. The summed E-state index contributed by atoms with van der Waals surface area (Å²) < 4.78 is 12.6. The number of aromatic nitrogens is 1. The first-order chi connectivity index (χ1) is 12.5. The first-order valence-corrected chi connectivity index (χ1v) is 9.68. The topological polar surface area (TPSA) is 60.5 Å². The fourth-order valence-electron chi connectivity index (χ4n) is 2.60. The zero-order valence-electron chi connectivity index (χ0n) is 14.8. The van der Waals surface area contributed by atoms with E-state index in [0.717, 1.165) is 20.3 Å². The molecule has 1 heterocycles. The summed E-state index contributed by atoms with van der Waals surface area (Å²) in [6.07, 6.45) is 0.930. The first kappa shape index (κ1) is 18.7. The summed E-state index contributed by atoms with van der Waals surface area (Å²) in [5.41, 5.74) is 3.06. The quantitative estimate of drug-likeness (QED) is 0.595. The second kappa shape index (κ2) is 8.05. The monoisotopic (exact) mass is 434 g/mol. The van der Waals surface area contributed by atoms with Crippen molar-refractivity contribution in [2.45, 2.75) is 19.8 Å². The lowest BCUT2D eigenvalue weighted by atomic mass is 10.1. The lowest BCUT2D eigenvalue weighted by molar-refractivity contribution is -0.116. The number of rotatable bonds is 6. The van der Waals surface area contributed by atoms with Gasteiger partial charge in [-0.15, -0.1) is 0 Å². The normalized spacial score (nSPS) is 10.8. The number of methoxy groups -OCH3 is 2. The maximum atomic E-state index is 12.3. The van der Waals surface area contributed by atoms with Crippen LogP contribution in [-0.4, -0.2) is 25.1 Å². The molecule has 7 heteroatoms. The van der Waals surface area contributed by atoms with Gasteiger partial charge in [-0.1, -0.05) is 33.3 Å². The number of anilines is 1. The van der Waals surface area contributed by atoms with Crippen LogP contribution in [0.2, 0.25) is 0 Å². The average molecular weight is 435 g/mol. The number of halogens is 1. The predicted octanol–water partition coefficient (Wildman–Crippen LogP) is 4.96. The molecule has 1 amide bonds. The Kier molecular flexibility index (Phi) is 5.78. The van der Waals surface area contributed by atoms with E-state index in [9.17, 15) is 4.79 Å². The lowest BCUT2D eigenvalue weighted by Gasteiger charge is -2.11. The number of nitrogens with one attached hydrogen (secondary N) is 1. The number of thiazole rings is 1. The van der Waals surface area contributed by atoms with Gasteiger partial charge in [0.25, 0.3) is 0 Å². The Morgan fingerprint density at radius 1 is 1.19 bits per heavy atom. The molecule has 1 N–H and O–H groups in total. The molecule has 3 rings (SSSR count). The fraction of sp³-hybridized carbons (Fsp3) is 0.263. The van der Waals surface area contributed by atoms with E-state index < -0.39 is 0 Å². The number of hydrogen-bond donors (Lipinski definition) is 1. The third-order valence-corrected chi connectivity index (χ3v) is 5.64. The van der Waals surface area contributed by atoms with Crippen LogP contribution in [0.25, 0.3) is 10.2 Å². The molecule has 0 aliphatic rings. The minimum atomic E-state index is -0.0672. The maximum absolute atomic E-state index is 12.3.